The number of likely N-dealkylation sites (N-methyl/N-ethyl adjacent to an activating group) is 5. The molecule has 2 aliphatic carbocycles. The van der Waals surface area contributed by atoms with Gasteiger partial charge in [-0.3, -0.25) is 28.1 Å². The zero-order chi connectivity index (χ0) is 97.9. The number of benzene rings is 9. The van der Waals surface area contributed by atoms with E-state index in [1.807, 2.05) is 13.0 Å². The fourth-order valence-corrected chi connectivity index (χ4v) is 16.8. The number of aromatic nitrogens is 12. The number of quaternary nitrogens is 3. The van der Waals surface area contributed by atoms with Crippen molar-refractivity contribution in [3.05, 3.63) is 321 Å². The fraction of sp³-hybridized carbons (Fsp3) is 0.228. The maximum Gasteiger partial charge on any atom is 0.339 e. The summed E-state index contributed by atoms with van der Waals surface area (Å²) >= 11 is 0. The molecule has 9 aromatic carbocycles. The smallest absolute Gasteiger partial charge is 0.339 e. The van der Waals surface area contributed by atoms with Crippen LogP contribution in [0.2, 0.25) is 0 Å². The van der Waals surface area contributed by atoms with E-state index in [9.17, 15) is 52.4 Å². The minimum absolute atomic E-state index is 0.0824. The second-order valence-electron chi connectivity index (χ2n) is 34.8. The Bertz CT molecular complexity index is 7500. The molecular weight excluding hydrogens is 1790 g/mol. The number of ether oxygens (including phenoxy) is 6. The minimum atomic E-state index is -0.487. The average molecular weight is 1890 g/mol. The lowest BCUT2D eigenvalue weighted by atomic mass is 10.2. The molecule has 8 heterocycles. The molecule has 15 aromatic rings. The van der Waals surface area contributed by atoms with Crippen molar-refractivity contribution in [1.82, 2.24) is 57.3 Å². The summed E-state index contributed by atoms with van der Waals surface area (Å²) in [5.41, 5.74) is 24.2. The van der Waals surface area contributed by atoms with Crippen LogP contribution in [0.1, 0.15) is 37.7 Å². The first-order valence-electron chi connectivity index (χ1n) is 44.6. The van der Waals surface area contributed by atoms with Crippen LogP contribution < -0.4 is 72.7 Å². The molecule has 2 saturated carbocycles. The number of hydroxylamine groups is 6. The Kier molecular flexibility index (Phi) is 26.8. The van der Waals surface area contributed by atoms with Gasteiger partial charge in [-0.05, 0) is 188 Å². The fourth-order valence-electron chi connectivity index (χ4n) is 16.8. The zero-order valence-corrected chi connectivity index (χ0v) is 77.1. The molecule has 139 heavy (non-hydrogen) atoms. The first-order valence-corrected chi connectivity index (χ1v) is 44.6. The Morgan fingerprint density at radius 3 is 1.39 bits per heavy atom. The van der Waals surface area contributed by atoms with Crippen LogP contribution in [0.4, 0.5) is 47.7 Å². The second-order valence-corrected chi connectivity index (χ2v) is 34.8. The molecule has 38 heteroatoms. The number of rotatable bonds is 27. The number of imidazole rings is 3. The number of anilines is 6. The summed E-state index contributed by atoms with van der Waals surface area (Å²) in [6.45, 7) is 5.00. The van der Waals surface area contributed by atoms with E-state index in [2.05, 4.69) is 44.0 Å². The molecule has 1 saturated heterocycles. The van der Waals surface area contributed by atoms with E-state index < -0.39 is 43.8 Å². The molecule has 19 rings (SSSR count). The predicted octanol–water partition coefficient (Wildman–Crippen LogP) is 14.0. The largest absolute Gasteiger partial charge is 0.633 e. The number of hydrogen-bond acceptors (Lipinski definition) is 23. The highest BCUT2D eigenvalue weighted by Crippen LogP contribution is 2.40. The van der Waals surface area contributed by atoms with E-state index in [-0.39, 0.29) is 77.2 Å². The summed E-state index contributed by atoms with van der Waals surface area (Å²) in [6.07, 6.45) is 18.0. The van der Waals surface area contributed by atoms with Crippen molar-refractivity contribution in [2.45, 2.75) is 57.2 Å². The summed E-state index contributed by atoms with van der Waals surface area (Å²) in [6, 6.07) is 53.7. The molecular formula is C101H99F3N21O14+. The molecule has 3 fully saturated rings. The highest BCUT2D eigenvalue weighted by Gasteiger charge is 2.37. The molecule has 0 spiro atoms. The molecule has 0 radical (unpaired) electrons. The molecule has 0 bridgehead atoms. The average Bonchev–Trinajstić information content (AvgIpc) is 1.59. The van der Waals surface area contributed by atoms with Crippen LogP contribution in [0.15, 0.2) is 270 Å². The lowest BCUT2D eigenvalue weighted by Gasteiger charge is -2.38. The maximum absolute atomic E-state index is 14.3. The number of aryl methyl sites for hydroxylation is 1. The minimum Gasteiger partial charge on any atom is -0.633 e. The van der Waals surface area contributed by atoms with Gasteiger partial charge in [0.15, 0.2) is 34.4 Å². The van der Waals surface area contributed by atoms with Crippen molar-refractivity contribution in [2.24, 2.45) is 0 Å². The third kappa shape index (κ3) is 20.3. The molecule has 3 atom stereocenters. The highest BCUT2D eigenvalue weighted by atomic mass is 19.1. The standard InChI is InChI=1S/C34H32FN7O5.C34H35FN7O4.C33H32FN7O5/c1-21-17-26(47-25-6-3-5-22(35)18-25)11-12-27(21)41-31-32(36)37-20-38-33(31)40(34(41)44)23-8-13-29-28(19-23)39(14-16-46-29)30(43)7-4-15-42(2,45)24-9-10-24;1-39(30(43)11-6-17-42(2,3)27-16-18-45-21-27)25-8-5-9-26(20-25)41-33-31(32(36)37-22-38-33)40(34(41)44)24-12-14-28(15-13-24)46-29-10-4-7-23(35)19-29;1-38(29(42)8-5-17-41(2,44)24-12-13-24)27-19-23(11-16-28(27)45-3)40-32-30(31(35)36-20-37-32)39(33(40)43)22-9-14-25(15-10-22)46-26-7-4-6-21(34)18-26/h3-8,11-13,17-20,24H,9-10,14-16H2,1-2H3,(H2,36,37,38);4-15,19-20,22,27H,16-18,21H2,1-3H3,(H2,36,37,38);4-11,14-16,18-20,24H,12-13,17H2,1-3H3,(H2,35,36,37)/q;+1;/b7-4+;11-6+;8-5+. The van der Waals surface area contributed by atoms with Crippen molar-refractivity contribution in [3.8, 4) is 80.1 Å². The maximum atomic E-state index is 14.3. The number of fused-ring (bicyclic) bond motifs is 4. The number of carbonyl (C=O) groups is 3. The summed E-state index contributed by atoms with van der Waals surface area (Å²) in [5, 5.41) is 25.3. The van der Waals surface area contributed by atoms with E-state index in [0.29, 0.717) is 145 Å². The van der Waals surface area contributed by atoms with Crippen LogP contribution in [0.5, 0.6) is 46.0 Å². The third-order valence-corrected chi connectivity index (χ3v) is 24.7. The number of amides is 3. The number of carbonyl (C=O) groups excluding carboxylic acids is 3. The van der Waals surface area contributed by atoms with Crippen LogP contribution >= 0.6 is 0 Å². The summed E-state index contributed by atoms with van der Waals surface area (Å²) in [7, 11) is 12.3. The van der Waals surface area contributed by atoms with E-state index in [0.717, 1.165) is 49.8 Å². The quantitative estimate of drug-likeness (QED) is 0.0244. The lowest BCUT2D eigenvalue weighted by Crippen LogP contribution is -2.49. The molecule has 6 aromatic heterocycles. The Hall–Kier alpha value is -16.4. The Morgan fingerprint density at radius 2 is 0.899 bits per heavy atom. The SMILES string of the molecule is CN(C(=O)/C=C/C[N+](C)(C)C1CCOC1)c1cccc(-n2c(=O)n(-c3ccc(Oc4cccc(F)c4)cc3)c3c(N)ncnc32)c1.COc1ccc(-n2c(=O)n(-c3ccc(Oc4cccc(F)c4)cc3)c3c(N)ncnc32)cc1N(C)C(=O)/C=C/C[N+](C)([O-])C1CC1.Cc1cc(Oc2cccc(F)c2)ccc1-n1c(=O)n(-c2ccc3c(c2)N(C(=O)/C=C/C[N+](C)([O-])C2CC2)CCO3)c2ncnc(N)c21. The third-order valence-electron chi connectivity index (χ3n) is 24.7. The monoisotopic (exact) mass is 1890 g/mol. The van der Waals surface area contributed by atoms with Gasteiger partial charge in [0.25, 0.3) is 17.7 Å². The van der Waals surface area contributed by atoms with Gasteiger partial charge in [0.05, 0.1) is 132 Å². The van der Waals surface area contributed by atoms with Crippen molar-refractivity contribution in [1.29, 1.82) is 0 Å². The zero-order valence-electron chi connectivity index (χ0n) is 77.1. The van der Waals surface area contributed by atoms with Crippen molar-refractivity contribution < 1.29 is 69.8 Å². The number of hydrogen-bond donors (Lipinski definition) is 3. The van der Waals surface area contributed by atoms with Crippen LogP contribution in [0.3, 0.4) is 0 Å². The van der Waals surface area contributed by atoms with E-state index in [1.165, 1.54) is 112 Å². The van der Waals surface area contributed by atoms with E-state index >= 15 is 0 Å². The van der Waals surface area contributed by atoms with E-state index in [1.54, 1.807) is 215 Å². The number of nitrogen functional groups attached to an aromatic ring is 3. The van der Waals surface area contributed by atoms with Crippen LogP contribution in [-0.2, 0) is 19.1 Å². The van der Waals surface area contributed by atoms with Gasteiger partial charge in [0, 0.05) is 88.3 Å². The molecule has 3 amide bonds. The number of nitrogens with two attached hydrogens (primary N) is 3. The Labute approximate surface area is 793 Å². The van der Waals surface area contributed by atoms with Gasteiger partial charge in [0.1, 0.15) is 112 Å². The van der Waals surface area contributed by atoms with Gasteiger partial charge in [-0.2, -0.15) is 0 Å². The summed E-state index contributed by atoms with van der Waals surface area (Å²) in [5.74, 6) is 1.45. The molecule has 3 unspecified atom stereocenters. The number of nitrogens with zero attached hydrogens (tertiary/aromatic N) is 18. The lowest BCUT2D eigenvalue weighted by molar-refractivity contribution is -0.907. The van der Waals surface area contributed by atoms with Crippen LogP contribution in [0, 0.1) is 34.8 Å². The number of halogens is 3. The highest BCUT2D eigenvalue weighted by molar-refractivity contribution is 6.04. The van der Waals surface area contributed by atoms with Crippen LogP contribution in [0.25, 0.3) is 67.6 Å². The first kappa shape index (κ1) is 94.4. The van der Waals surface area contributed by atoms with Crippen LogP contribution in [-0.4, -0.2) is 202 Å². The molecule has 4 aliphatic rings. The van der Waals surface area contributed by atoms with Crippen molar-refractivity contribution >= 4 is 85.7 Å². The van der Waals surface area contributed by atoms with Crippen molar-refractivity contribution in [2.75, 3.05) is 127 Å². The van der Waals surface area contributed by atoms with Gasteiger partial charge < -0.3 is 84.5 Å². The van der Waals surface area contributed by atoms with Gasteiger partial charge in [-0.1, -0.05) is 24.3 Å². The first-order chi connectivity index (χ1) is 66.8. The normalized spacial score (nSPS) is 15.1. The second kappa shape index (κ2) is 39.5. The van der Waals surface area contributed by atoms with Gasteiger partial charge in [-0.15, -0.1) is 0 Å². The molecule has 712 valence electrons. The van der Waals surface area contributed by atoms with Gasteiger partial charge in [0.2, 0.25) is 0 Å². The van der Waals surface area contributed by atoms with E-state index in [4.69, 9.17) is 45.6 Å². The topological polar surface area (TPSA) is 399 Å². The Morgan fingerprint density at radius 1 is 0.460 bits per heavy atom. The van der Waals surface area contributed by atoms with Crippen molar-refractivity contribution in [3.63, 3.8) is 0 Å². The predicted molar refractivity (Wildman–Crippen MR) is 521 cm³/mol. The Balaban J connectivity index is 0.000000144. The molecule has 2 aliphatic heterocycles. The van der Waals surface area contributed by atoms with Gasteiger partial charge >= 0.3 is 17.1 Å². The molecule has 35 nitrogen and oxygen atoms in total. The summed E-state index contributed by atoms with van der Waals surface area (Å²) < 4.78 is 83.6. The summed E-state index contributed by atoms with van der Waals surface area (Å²) in [4.78, 5) is 112. The number of methoxy groups -OCH3 is 1. The molecule has 6 N–H and O–H groups in total. The van der Waals surface area contributed by atoms with Gasteiger partial charge in [-0.25, -0.2) is 71.2 Å².